The second kappa shape index (κ2) is 9.54. The zero-order valence-corrected chi connectivity index (χ0v) is 9.46. The molecular weight excluding hydrogens is 190 g/mol. The van der Waals surface area contributed by atoms with Crippen LogP contribution < -0.4 is 5.32 Å². The van der Waals surface area contributed by atoms with Crippen molar-refractivity contribution in [1.82, 2.24) is 5.32 Å². The lowest BCUT2D eigenvalue weighted by molar-refractivity contribution is -0.121. The topological polar surface area (TPSA) is 49.3 Å². The first-order valence-electron chi connectivity index (χ1n) is 5.55. The van der Waals surface area contributed by atoms with Crippen molar-refractivity contribution in [2.75, 3.05) is 13.2 Å². The minimum atomic E-state index is 0.00647. The molecule has 0 rings (SSSR count). The Balaban J connectivity index is 3.68. The fourth-order valence-corrected chi connectivity index (χ4v) is 1.47. The minimum Gasteiger partial charge on any atom is -0.396 e. The summed E-state index contributed by atoms with van der Waals surface area (Å²) in [5.74, 6) is 2.83. The highest BCUT2D eigenvalue weighted by Crippen LogP contribution is 2.09. The van der Waals surface area contributed by atoms with Gasteiger partial charge in [-0.25, -0.2) is 0 Å². The van der Waals surface area contributed by atoms with Crippen molar-refractivity contribution in [3.05, 3.63) is 0 Å². The monoisotopic (exact) mass is 211 g/mol. The molecule has 3 heteroatoms. The van der Waals surface area contributed by atoms with Crippen molar-refractivity contribution >= 4 is 5.91 Å². The van der Waals surface area contributed by atoms with Gasteiger partial charge >= 0.3 is 0 Å². The molecule has 0 aromatic heterocycles. The molecule has 2 N–H and O–H groups in total. The van der Waals surface area contributed by atoms with Crippen LogP contribution >= 0.6 is 0 Å². The first-order chi connectivity index (χ1) is 7.24. The Morgan fingerprint density at radius 2 is 2.27 bits per heavy atom. The molecule has 3 nitrogen and oxygen atoms in total. The maximum atomic E-state index is 11.2. The van der Waals surface area contributed by atoms with Crippen LogP contribution in [-0.2, 0) is 4.79 Å². The van der Waals surface area contributed by atoms with Crippen LogP contribution in [0.5, 0.6) is 0 Å². The summed E-state index contributed by atoms with van der Waals surface area (Å²) in [5, 5.41) is 11.7. The number of nitrogens with one attached hydrogen (secondary N) is 1. The van der Waals surface area contributed by atoms with Crippen molar-refractivity contribution in [3.63, 3.8) is 0 Å². The van der Waals surface area contributed by atoms with Crippen LogP contribution in [0, 0.1) is 18.3 Å². The Kier molecular flexibility index (Phi) is 8.90. The molecule has 0 aliphatic rings. The fraction of sp³-hybridized carbons (Fsp3) is 0.750. The lowest BCUT2D eigenvalue weighted by Gasteiger charge is -2.15. The second-order valence-electron chi connectivity index (χ2n) is 3.68. The molecule has 15 heavy (non-hydrogen) atoms. The Bertz CT molecular complexity index is 202. The first kappa shape index (κ1) is 14.0. The molecule has 0 radical (unpaired) electrons. The predicted octanol–water partition coefficient (Wildman–Crippen LogP) is 1.31. The van der Waals surface area contributed by atoms with Gasteiger partial charge in [0.2, 0.25) is 5.91 Å². The van der Waals surface area contributed by atoms with Gasteiger partial charge in [-0.2, -0.15) is 0 Å². The van der Waals surface area contributed by atoms with Crippen LogP contribution in [0.25, 0.3) is 0 Å². The van der Waals surface area contributed by atoms with Crippen LogP contribution in [0.2, 0.25) is 0 Å². The Morgan fingerprint density at radius 1 is 1.53 bits per heavy atom. The Morgan fingerprint density at radius 3 is 2.80 bits per heavy atom. The van der Waals surface area contributed by atoms with Gasteiger partial charge in [0, 0.05) is 26.0 Å². The minimum absolute atomic E-state index is 0.00647. The zero-order valence-electron chi connectivity index (χ0n) is 9.46. The normalized spacial score (nSPS) is 11.8. The van der Waals surface area contributed by atoms with E-state index in [1.54, 1.807) is 0 Å². The van der Waals surface area contributed by atoms with E-state index in [1.807, 2.05) is 0 Å². The molecule has 1 amide bonds. The third-order valence-electron chi connectivity index (χ3n) is 2.32. The quantitative estimate of drug-likeness (QED) is 0.595. The number of aliphatic hydroxyl groups is 1. The van der Waals surface area contributed by atoms with Crippen LogP contribution in [0.3, 0.4) is 0 Å². The molecule has 1 unspecified atom stereocenters. The van der Waals surface area contributed by atoms with E-state index in [-0.39, 0.29) is 12.5 Å². The van der Waals surface area contributed by atoms with Crippen molar-refractivity contribution in [1.29, 1.82) is 0 Å². The summed E-state index contributed by atoms with van der Waals surface area (Å²) in [4.78, 5) is 11.2. The van der Waals surface area contributed by atoms with E-state index < -0.39 is 0 Å². The summed E-state index contributed by atoms with van der Waals surface area (Å²) >= 11 is 0. The van der Waals surface area contributed by atoms with E-state index in [4.69, 9.17) is 11.5 Å². The second-order valence-corrected chi connectivity index (χ2v) is 3.68. The zero-order chi connectivity index (χ0) is 11.5. The Hall–Kier alpha value is -1.01. The SMILES string of the molecule is C#CCCC(=O)NCC(CCC)CCO. The number of terminal acetylenes is 1. The van der Waals surface area contributed by atoms with Crippen molar-refractivity contribution in [2.24, 2.45) is 5.92 Å². The number of carbonyl (C=O) groups excluding carboxylic acids is 1. The number of aliphatic hydroxyl groups excluding tert-OH is 1. The summed E-state index contributed by atoms with van der Waals surface area (Å²) in [6.07, 6.45) is 8.82. The van der Waals surface area contributed by atoms with Gasteiger partial charge in [0.05, 0.1) is 0 Å². The van der Waals surface area contributed by atoms with Crippen molar-refractivity contribution in [2.45, 2.75) is 39.0 Å². The summed E-state index contributed by atoms with van der Waals surface area (Å²) in [6, 6.07) is 0. The molecule has 0 aliphatic heterocycles. The number of amides is 1. The van der Waals surface area contributed by atoms with E-state index >= 15 is 0 Å². The molecule has 0 fully saturated rings. The molecule has 0 spiro atoms. The summed E-state index contributed by atoms with van der Waals surface area (Å²) in [5.41, 5.74) is 0. The number of hydrogen-bond acceptors (Lipinski definition) is 2. The molecule has 1 atom stereocenters. The molecule has 86 valence electrons. The van der Waals surface area contributed by atoms with E-state index in [9.17, 15) is 4.79 Å². The number of hydrogen-bond donors (Lipinski definition) is 2. The molecule has 0 bridgehead atoms. The van der Waals surface area contributed by atoms with Gasteiger partial charge in [0.15, 0.2) is 0 Å². The maximum absolute atomic E-state index is 11.2. The number of rotatable bonds is 8. The highest BCUT2D eigenvalue weighted by Gasteiger charge is 2.08. The van der Waals surface area contributed by atoms with Crippen molar-refractivity contribution < 1.29 is 9.90 Å². The lowest BCUT2D eigenvalue weighted by atomic mass is 10.0. The largest absolute Gasteiger partial charge is 0.396 e. The molecule has 0 saturated heterocycles. The van der Waals surface area contributed by atoms with Gasteiger partial charge in [0.25, 0.3) is 0 Å². The third kappa shape index (κ3) is 8.02. The standard InChI is InChI=1S/C12H21NO2/c1-3-5-7-12(15)13-10-11(6-4-2)8-9-14/h1,11,14H,4-10H2,2H3,(H,13,15). The van der Waals surface area contributed by atoms with Crippen LogP contribution in [0.4, 0.5) is 0 Å². The average molecular weight is 211 g/mol. The lowest BCUT2D eigenvalue weighted by Crippen LogP contribution is -2.29. The van der Waals surface area contributed by atoms with Crippen LogP contribution in [-0.4, -0.2) is 24.2 Å². The first-order valence-corrected chi connectivity index (χ1v) is 5.55. The summed E-state index contributed by atoms with van der Waals surface area (Å²) in [7, 11) is 0. The highest BCUT2D eigenvalue weighted by atomic mass is 16.3. The Labute approximate surface area is 92.3 Å². The average Bonchev–Trinajstić information content (AvgIpc) is 2.23. The van der Waals surface area contributed by atoms with Gasteiger partial charge in [-0.3, -0.25) is 4.79 Å². The van der Waals surface area contributed by atoms with Crippen LogP contribution in [0.1, 0.15) is 39.0 Å². The smallest absolute Gasteiger partial charge is 0.220 e. The van der Waals surface area contributed by atoms with Crippen molar-refractivity contribution in [3.8, 4) is 12.3 Å². The van der Waals surface area contributed by atoms with Crippen LogP contribution in [0.15, 0.2) is 0 Å². The fourth-order valence-electron chi connectivity index (χ4n) is 1.47. The molecule has 0 aliphatic carbocycles. The third-order valence-corrected chi connectivity index (χ3v) is 2.32. The van der Waals surface area contributed by atoms with E-state index in [0.717, 1.165) is 19.3 Å². The van der Waals surface area contributed by atoms with Gasteiger partial charge in [0.1, 0.15) is 0 Å². The van der Waals surface area contributed by atoms with Gasteiger partial charge in [-0.05, 0) is 18.8 Å². The molecule has 0 aromatic rings. The molecule has 0 saturated carbocycles. The maximum Gasteiger partial charge on any atom is 0.220 e. The molecule has 0 aromatic carbocycles. The van der Waals surface area contributed by atoms with Gasteiger partial charge in [-0.1, -0.05) is 13.3 Å². The van der Waals surface area contributed by atoms with E-state index in [0.29, 0.717) is 25.3 Å². The molecular formula is C12H21NO2. The van der Waals surface area contributed by atoms with Gasteiger partial charge in [-0.15, -0.1) is 12.3 Å². The van der Waals surface area contributed by atoms with Gasteiger partial charge < -0.3 is 10.4 Å². The highest BCUT2D eigenvalue weighted by molar-refractivity contribution is 5.76. The predicted molar refractivity (Wildman–Crippen MR) is 61.2 cm³/mol. The molecule has 0 heterocycles. The summed E-state index contributed by atoms with van der Waals surface area (Å²) < 4.78 is 0. The summed E-state index contributed by atoms with van der Waals surface area (Å²) in [6.45, 7) is 2.94. The van der Waals surface area contributed by atoms with E-state index in [2.05, 4.69) is 18.2 Å². The van der Waals surface area contributed by atoms with E-state index in [1.165, 1.54) is 0 Å². The number of carbonyl (C=O) groups is 1.